The fourth-order valence-corrected chi connectivity index (χ4v) is 2.22. The third-order valence-electron chi connectivity index (χ3n) is 3.45. The molecular formula is C12H22N2O2. The molecule has 16 heavy (non-hydrogen) atoms. The van der Waals surface area contributed by atoms with Gasteiger partial charge in [0.25, 0.3) is 0 Å². The molecule has 0 spiro atoms. The number of carbonyl (C=O) groups excluding carboxylic acids is 1. The average Bonchev–Trinajstić information content (AvgIpc) is 3.06. The van der Waals surface area contributed by atoms with Crippen molar-refractivity contribution in [1.29, 1.82) is 0 Å². The van der Waals surface area contributed by atoms with Crippen molar-refractivity contribution in [2.24, 2.45) is 5.92 Å². The van der Waals surface area contributed by atoms with E-state index >= 15 is 0 Å². The highest BCUT2D eigenvalue weighted by atomic mass is 16.3. The van der Waals surface area contributed by atoms with Crippen molar-refractivity contribution in [3.05, 3.63) is 0 Å². The summed E-state index contributed by atoms with van der Waals surface area (Å²) in [5.74, 6) is 0.342. The molecule has 4 nitrogen and oxygen atoms in total. The number of rotatable bonds is 5. The van der Waals surface area contributed by atoms with Crippen molar-refractivity contribution in [3.8, 4) is 0 Å². The van der Waals surface area contributed by atoms with Gasteiger partial charge in [-0.3, -0.25) is 4.79 Å². The van der Waals surface area contributed by atoms with Crippen molar-refractivity contribution in [2.45, 2.75) is 44.8 Å². The monoisotopic (exact) mass is 226 g/mol. The SMILES string of the molecule is CC1CCCN(CC(O)CNC2CC2)C1=O. The van der Waals surface area contributed by atoms with E-state index in [0.717, 1.165) is 19.4 Å². The molecule has 0 aromatic heterocycles. The van der Waals surface area contributed by atoms with E-state index in [0.29, 0.717) is 19.1 Å². The minimum Gasteiger partial charge on any atom is -0.390 e. The predicted molar refractivity (Wildman–Crippen MR) is 62.0 cm³/mol. The molecule has 2 N–H and O–H groups in total. The van der Waals surface area contributed by atoms with Crippen LogP contribution in [0.25, 0.3) is 0 Å². The first-order valence-electron chi connectivity index (χ1n) is 6.37. The van der Waals surface area contributed by atoms with E-state index in [1.807, 2.05) is 11.8 Å². The first-order chi connectivity index (χ1) is 7.66. The second-order valence-corrected chi connectivity index (χ2v) is 5.16. The molecule has 1 saturated heterocycles. The van der Waals surface area contributed by atoms with Gasteiger partial charge < -0.3 is 15.3 Å². The molecule has 2 rings (SSSR count). The maximum absolute atomic E-state index is 11.8. The van der Waals surface area contributed by atoms with Crippen molar-refractivity contribution < 1.29 is 9.90 Å². The number of nitrogens with one attached hydrogen (secondary N) is 1. The number of hydrogen-bond donors (Lipinski definition) is 2. The van der Waals surface area contributed by atoms with E-state index in [4.69, 9.17) is 0 Å². The first kappa shape index (κ1) is 11.9. The van der Waals surface area contributed by atoms with Crippen LogP contribution in [0.15, 0.2) is 0 Å². The first-order valence-corrected chi connectivity index (χ1v) is 6.37. The molecule has 1 amide bonds. The lowest BCUT2D eigenvalue weighted by atomic mass is 9.99. The second kappa shape index (κ2) is 5.15. The molecule has 2 atom stereocenters. The number of β-amino-alcohol motifs (C(OH)–C–C–N with tert-alkyl or cyclic N) is 1. The summed E-state index contributed by atoms with van der Waals surface area (Å²) in [6.45, 7) is 3.89. The zero-order chi connectivity index (χ0) is 11.5. The minimum absolute atomic E-state index is 0.136. The van der Waals surface area contributed by atoms with Crippen LogP contribution in [0, 0.1) is 5.92 Å². The summed E-state index contributed by atoms with van der Waals surface area (Å²) in [6.07, 6.45) is 4.09. The summed E-state index contributed by atoms with van der Waals surface area (Å²) >= 11 is 0. The van der Waals surface area contributed by atoms with Crippen LogP contribution < -0.4 is 5.32 Å². The van der Waals surface area contributed by atoms with Crippen LogP contribution in [0.1, 0.15) is 32.6 Å². The van der Waals surface area contributed by atoms with Crippen molar-refractivity contribution in [1.82, 2.24) is 10.2 Å². The van der Waals surface area contributed by atoms with Crippen LogP contribution in [-0.2, 0) is 4.79 Å². The summed E-state index contributed by atoms with van der Waals surface area (Å²) < 4.78 is 0. The van der Waals surface area contributed by atoms with E-state index in [9.17, 15) is 9.90 Å². The molecular weight excluding hydrogens is 204 g/mol. The molecule has 4 heteroatoms. The highest BCUT2D eigenvalue weighted by Gasteiger charge is 2.27. The van der Waals surface area contributed by atoms with Gasteiger partial charge in [-0.2, -0.15) is 0 Å². The Morgan fingerprint density at radius 3 is 2.94 bits per heavy atom. The lowest BCUT2D eigenvalue weighted by molar-refractivity contribution is -0.139. The fraction of sp³-hybridized carbons (Fsp3) is 0.917. The molecule has 1 saturated carbocycles. The molecule has 1 aliphatic carbocycles. The normalized spacial score (nSPS) is 28.2. The number of nitrogens with zero attached hydrogens (tertiary/aromatic N) is 1. The van der Waals surface area contributed by atoms with Gasteiger partial charge in [0.1, 0.15) is 0 Å². The van der Waals surface area contributed by atoms with E-state index in [-0.39, 0.29) is 11.8 Å². The van der Waals surface area contributed by atoms with E-state index in [1.165, 1.54) is 12.8 Å². The van der Waals surface area contributed by atoms with Gasteiger partial charge in [0, 0.05) is 31.6 Å². The van der Waals surface area contributed by atoms with E-state index in [2.05, 4.69) is 5.32 Å². The van der Waals surface area contributed by atoms with Gasteiger partial charge in [-0.1, -0.05) is 6.92 Å². The molecule has 92 valence electrons. The fourth-order valence-electron chi connectivity index (χ4n) is 2.22. The summed E-state index contributed by atoms with van der Waals surface area (Å²) in [5.41, 5.74) is 0. The third-order valence-corrected chi connectivity index (χ3v) is 3.45. The Morgan fingerprint density at radius 2 is 2.25 bits per heavy atom. The summed E-state index contributed by atoms with van der Waals surface area (Å²) in [5, 5.41) is 13.1. The van der Waals surface area contributed by atoms with Gasteiger partial charge >= 0.3 is 0 Å². The van der Waals surface area contributed by atoms with Crippen LogP contribution in [-0.4, -0.2) is 47.7 Å². The van der Waals surface area contributed by atoms with Crippen molar-refractivity contribution in [2.75, 3.05) is 19.6 Å². The quantitative estimate of drug-likeness (QED) is 0.711. The number of carbonyl (C=O) groups is 1. The minimum atomic E-state index is -0.421. The van der Waals surface area contributed by atoms with Gasteiger partial charge in [-0.05, 0) is 25.7 Å². The van der Waals surface area contributed by atoms with Gasteiger partial charge in [-0.15, -0.1) is 0 Å². The van der Waals surface area contributed by atoms with Crippen LogP contribution in [0.2, 0.25) is 0 Å². The van der Waals surface area contributed by atoms with E-state index in [1.54, 1.807) is 0 Å². The zero-order valence-electron chi connectivity index (χ0n) is 9.98. The summed E-state index contributed by atoms with van der Waals surface area (Å²) in [6, 6.07) is 0.616. The van der Waals surface area contributed by atoms with Crippen LogP contribution >= 0.6 is 0 Å². The Bertz CT molecular complexity index is 253. The largest absolute Gasteiger partial charge is 0.390 e. The molecule has 2 unspecified atom stereocenters. The Morgan fingerprint density at radius 1 is 1.50 bits per heavy atom. The third kappa shape index (κ3) is 3.19. The number of likely N-dealkylation sites (tertiary alicyclic amines) is 1. The smallest absolute Gasteiger partial charge is 0.225 e. The molecule has 2 fully saturated rings. The molecule has 2 aliphatic rings. The lowest BCUT2D eigenvalue weighted by Crippen LogP contribution is -2.46. The Kier molecular flexibility index (Phi) is 3.82. The second-order valence-electron chi connectivity index (χ2n) is 5.16. The maximum Gasteiger partial charge on any atom is 0.225 e. The number of amides is 1. The topological polar surface area (TPSA) is 52.6 Å². The number of hydrogen-bond acceptors (Lipinski definition) is 3. The van der Waals surface area contributed by atoms with E-state index < -0.39 is 6.10 Å². The number of aliphatic hydroxyl groups is 1. The van der Waals surface area contributed by atoms with Gasteiger partial charge in [0.2, 0.25) is 5.91 Å². The molecule has 1 heterocycles. The number of aliphatic hydroxyl groups excluding tert-OH is 1. The molecule has 1 aliphatic heterocycles. The van der Waals surface area contributed by atoms with Crippen molar-refractivity contribution >= 4 is 5.91 Å². The Labute approximate surface area is 97.0 Å². The highest BCUT2D eigenvalue weighted by molar-refractivity contribution is 5.79. The Balaban J connectivity index is 1.71. The molecule has 0 aromatic rings. The van der Waals surface area contributed by atoms with Gasteiger partial charge in [0.05, 0.1) is 6.10 Å². The average molecular weight is 226 g/mol. The van der Waals surface area contributed by atoms with Crippen molar-refractivity contribution in [3.63, 3.8) is 0 Å². The summed E-state index contributed by atoms with van der Waals surface area (Å²) in [4.78, 5) is 13.6. The van der Waals surface area contributed by atoms with Crippen LogP contribution in [0.4, 0.5) is 0 Å². The molecule has 0 bridgehead atoms. The Hall–Kier alpha value is -0.610. The molecule has 0 radical (unpaired) electrons. The van der Waals surface area contributed by atoms with Gasteiger partial charge in [-0.25, -0.2) is 0 Å². The highest BCUT2D eigenvalue weighted by Crippen LogP contribution is 2.19. The maximum atomic E-state index is 11.8. The number of piperidine rings is 1. The zero-order valence-corrected chi connectivity index (χ0v) is 9.98. The van der Waals surface area contributed by atoms with Gasteiger partial charge in [0.15, 0.2) is 0 Å². The molecule has 0 aromatic carbocycles. The summed E-state index contributed by atoms with van der Waals surface area (Å²) in [7, 11) is 0. The predicted octanol–water partition coefficient (Wildman–Crippen LogP) is 0.358. The standard InChI is InChI=1S/C12H22N2O2/c1-9-3-2-6-14(12(9)16)8-11(15)7-13-10-4-5-10/h9-11,13,15H,2-8H2,1H3. The van der Waals surface area contributed by atoms with Crippen LogP contribution in [0.3, 0.4) is 0 Å². The lowest BCUT2D eigenvalue weighted by Gasteiger charge is -2.32. The van der Waals surface area contributed by atoms with Crippen LogP contribution in [0.5, 0.6) is 0 Å².